The Bertz CT molecular complexity index is 654. The number of alkyl carbamates (subject to hydrolysis) is 1. The fourth-order valence-corrected chi connectivity index (χ4v) is 2.48. The Morgan fingerprint density at radius 2 is 1.79 bits per heavy atom. The van der Waals surface area contributed by atoms with E-state index in [2.05, 4.69) is 5.32 Å². The molecule has 0 bridgehead atoms. The molecular formula is C19H29BFNO6. The van der Waals surface area contributed by atoms with Gasteiger partial charge in [-0.1, -0.05) is 6.07 Å². The zero-order valence-corrected chi connectivity index (χ0v) is 17.2. The van der Waals surface area contributed by atoms with E-state index in [0.29, 0.717) is 30.8 Å². The molecule has 1 aliphatic rings. The van der Waals surface area contributed by atoms with Gasteiger partial charge in [-0.15, -0.1) is 0 Å². The molecule has 0 unspecified atom stereocenters. The molecule has 9 heteroatoms. The molecule has 1 saturated heterocycles. The van der Waals surface area contributed by atoms with Gasteiger partial charge in [0.05, 0.1) is 24.4 Å². The van der Waals surface area contributed by atoms with Crippen molar-refractivity contribution < 1.29 is 32.7 Å². The lowest BCUT2D eigenvalue weighted by Gasteiger charge is -2.32. The highest BCUT2D eigenvalue weighted by molar-refractivity contribution is 6.62. The molecule has 0 aliphatic carbocycles. The van der Waals surface area contributed by atoms with Crippen LogP contribution in [0.25, 0.3) is 0 Å². The van der Waals surface area contributed by atoms with Crippen LogP contribution in [0.3, 0.4) is 0 Å². The van der Waals surface area contributed by atoms with Crippen molar-refractivity contribution in [2.45, 2.75) is 45.3 Å². The van der Waals surface area contributed by atoms with Crippen molar-refractivity contribution in [3.8, 4) is 5.75 Å². The molecule has 1 aromatic rings. The van der Waals surface area contributed by atoms with Crippen LogP contribution < -0.4 is 15.5 Å². The number of benzene rings is 1. The maximum Gasteiger partial charge on any atom is 0.497 e. The molecule has 1 amide bonds. The van der Waals surface area contributed by atoms with Crippen LogP contribution in [0.2, 0.25) is 0 Å². The average Bonchev–Trinajstić information content (AvgIpc) is 2.84. The van der Waals surface area contributed by atoms with Gasteiger partial charge < -0.3 is 28.8 Å². The molecule has 7 nitrogen and oxygen atoms in total. The van der Waals surface area contributed by atoms with E-state index in [9.17, 15) is 9.18 Å². The summed E-state index contributed by atoms with van der Waals surface area (Å²) in [4.78, 5) is 10.9. The lowest BCUT2D eigenvalue weighted by atomic mass is 9.78. The van der Waals surface area contributed by atoms with Gasteiger partial charge in [0.2, 0.25) is 0 Å². The summed E-state index contributed by atoms with van der Waals surface area (Å²) in [6.07, 6.45) is 0.125. The SMILES string of the molecule is CNC(=O)OCCCOCCOc1ccc(B2OC(C)(C)C(C)(C)O2)c(F)c1. The molecule has 1 aromatic carbocycles. The van der Waals surface area contributed by atoms with Crippen LogP contribution in [0, 0.1) is 5.82 Å². The first-order valence-corrected chi connectivity index (χ1v) is 9.36. The third-order valence-corrected chi connectivity index (χ3v) is 4.85. The largest absolute Gasteiger partial charge is 0.497 e. The third-order valence-electron chi connectivity index (χ3n) is 4.85. The summed E-state index contributed by atoms with van der Waals surface area (Å²) >= 11 is 0. The van der Waals surface area contributed by atoms with Gasteiger partial charge in [-0.3, -0.25) is 0 Å². The van der Waals surface area contributed by atoms with E-state index in [4.69, 9.17) is 23.5 Å². The predicted molar refractivity (Wildman–Crippen MR) is 103 cm³/mol. The minimum Gasteiger partial charge on any atom is -0.491 e. The molecule has 0 spiro atoms. The summed E-state index contributed by atoms with van der Waals surface area (Å²) in [5.74, 6) is -0.0346. The highest BCUT2D eigenvalue weighted by atomic mass is 19.1. The maximum absolute atomic E-state index is 14.5. The number of hydrogen-bond donors (Lipinski definition) is 1. The van der Waals surface area contributed by atoms with Crippen LogP contribution in [-0.4, -0.2) is 57.9 Å². The highest BCUT2D eigenvalue weighted by Crippen LogP contribution is 2.36. The van der Waals surface area contributed by atoms with Crippen LogP contribution in [0.1, 0.15) is 34.1 Å². The van der Waals surface area contributed by atoms with E-state index in [1.807, 2.05) is 27.7 Å². The van der Waals surface area contributed by atoms with Gasteiger partial charge in [-0.25, -0.2) is 9.18 Å². The Labute approximate surface area is 166 Å². The molecular weight excluding hydrogens is 368 g/mol. The average molecular weight is 397 g/mol. The van der Waals surface area contributed by atoms with Crippen molar-refractivity contribution in [1.29, 1.82) is 0 Å². The van der Waals surface area contributed by atoms with Crippen molar-refractivity contribution in [2.75, 3.05) is 33.5 Å². The van der Waals surface area contributed by atoms with Crippen LogP contribution in [0.4, 0.5) is 9.18 Å². The summed E-state index contributed by atoms with van der Waals surface area (Å²) in [5, 5.41) is 2.36. The van der Waals surface area contributed by atoms with Crippen LogP contribution in [0.15, 0.2) is 18.2 Å². The molecule has 0 aromatic heterocycles. The normalized spacial score (nSPS) is 17.4. The number of carbonyl (C=O) groups excluding carboxylic acids is 1. The van der Waals surface area contributed by atoms with E-state index in [1.54, 1.807) is 12.1 Å². The zero-order valence-electron chi connectivity index (χ0n) is 17.2. The number of ether oxygens (including phenoxy) is 3. The number of halogens is 1. The maximum atomic E-state index is 14.5. The number of nitrogens with one attached hydrogen (secondary N) is 1. The smallest absolute Gasteiger partial charge is 0.491 e. The minimum atomic E-state index is -0.751. The van der Waals surface area contributed by atoms with E-state index < -0.39 is 30.2 Å². The Hall–Kier alpha value is -1.84. The highest BCUT2D eigenvalue weighted by Gasteiger charge is 2.52. The van der Waals surface area contributed by atoms with Crippen molar-refractivity contribution in [1.82, 2.24) is 5.32 Å². The standard InChI is InChI=1S/C19H29BFNO6/c1-18(2)19(3,4)28-20(27-18)15-8-7-14(13-16(15)21)25-12-11-24-9-6-10-26-17(23)22-5/h7-8,13H,6,9-12H2,1-5H3,(H,22,23). The molecule has 0 atom stereocenters. The van der Waals surface area contributed by atoms with Crippen LogP contribution >= 0.6 is 0 Å². The van der Waals surface area contributed by atoms with Crippen molar-refractivity contribution >= 4 is 18.7 Å². The van der Waals surface area contributed by atoms with Crippen molar-refractivity contribution in [3.63, 3.8) is 0 Å². The molecule has 28 heavy (non-hydrogen) atoms. The van der Waals surface area contributed by atoms with Gasteiger partial charge in [0, 0.05) is 31.6 Å². The van der Waals surface area contributed by atoms with E-state index >= 15 is 0 Å². The number of amides is 1. The summed E-state index contributed by atoms with van der Waals surface area (Å²) in [7, 11) is 0.750. The Morgan fingerprint density at radius 3 is 2.39 bits per heavy atom. The number of hydrogen-bond acceptors (Lipinski definition) is 6. The second kappa shape index (κ2) is 9.58. The summed E-state index contributed by atoms with van der Waals surface area (Å²) < 4.78 is 42.0. The van der Waals surface area contributed by atoms with Gasteiger partial charge in [-0.05, 0) is 33.8 Å². The monoisotopic (exact) mass is 397 g/mol. The summed E-state index contributed by atoms with van der Waals surface area (Å²) in [6, 6.07) is 4.61. The predicted octanol–water partition coefficient (Wildman–Crippen LogP) is 2.27. The lowest BCUT2D eigenvalue weighted by molar-refractivity contribution is 0.00578. The first kappa shape index (κ1) is 22.5. The van der Waals surface area contributed by atoms with E-state index in [0.717, 1.165) is 0 Å². The van der Waals surface area contributed by atoms with Gasteiger partial charge in [-0.2, -0.15) is 0 Å². The number of rotatable bonds is 9. The first-order chi connectivity index (χ1) is 13.2. The number of carbonyl (C=O) groups is 1. The lowest BCUT2D eigenvalue weighted by Crippen LogP contribution is -2.41. The second-order valence-corrected chi connectivity index (χ2v) is 7.47. The van der Waals surface area contributed by atoms with E-state index in [1.165, 1.54) is 13.1 Å². The van der Waals surface area contributed by atoms with E-state index in [-0.39, 0.29) is 13.2 Å². The topological polar surface area (TPSA) is 75.3 Å². The fraction of sp³-hybridized carbons (Fsp3) is 0.632. The molecule has 1 heterocycles. The third kappa shape index (κ3) is 5.83. The molecule has 1 fully saturated rings. The molecule has 156 valence electrons. The molecule has 1 aliphatic heterocycles. The van der Waals surface area contributed by atoms with Crippen LogP contribution in [-0.2, 0) is 18.8 Å². The second-order valence-electron chi connectivity index (χ2n) is 7.47. The van der Waals surface area contributed by atoms with Crippen molar-refractivity contribution in [3.05, 3.63) is 24.0 Å². The molecule has 0 saturated carbocycles. The summed E-state index contributed by atoms with van der Waals surface area (Å²) in [6.45, 7) is 9.05. The van der Waals surface area contributed by atoms with Gasteiger partial charge in [0.25, 0.3) is 0 Å². The minimum absolute atomic E-state index is 0.283. The summed E-state index contributed by atoms with van der Waals surface area (Å²) in [5.41, 5.74) is -0.706. The zero-order chi connectivity index (χ0) is 20.8. The van der Waals surface area contributed by atoms with Crippen LogP contribution in [0.5, 0.6) is 5.75 Å². The Balaban J connectivity index is 1.72. The quantitative estimate of drug-likeness (QED) is 0.509. The van der Waals surface area contributed by atoms with Gasteiger partial charge >= 0.3 is 13.2 Å². The van der Waals surface area contributed by atoms with Gasteiger partial charge in [0.1, 0.15) is 18.2 Å². The molecule has 0 radical (unpaired) electrons. The Kier molecular flexibility index (Phi) is 7.68. The molecule has 1 N–H and O–H groups in total. The van der Waals surface area contributed by atoms with Gasteiger partial charge in [0.15, 0.2) is 0 Å². The fourth-order valence-electron chi connectivity index (χ4n) is 2.48. The molecule has 2 rings (SSSR count). The first-order valence-electron chi connectivity index (χ1n) is 9.36. The van der Waals surface area contributed by atoms with Crippen molar-refractivity contribution in [2.24, 2.45) is 0 Å². The Morgan fingerprint density at radius 1 is 1.11 bits per heavy atom.